The molecular weight excluding hydrogens is 496 g/mol. The van der Waals surface area contributed by atoms with E-state index in [-0.39, 0.29) is 31.5 Å². The molecule has 1 aliphatic carbocycles. The number of carboxylic acid groups (broad SMARTS) is 1. The molecule has 2 unspecified atom stereocenters. The van der Waals surface area contributed by atoms with E-state index in [1.165, 1.54) is 0 Å². The van der Waals surface area contributed by atoms with Gasteiger partial charge >= 0.3 is 6.09 Å². The molecule has 1 aromatic carbocycles. The summed E-state index contributed by atoms with van der Waals surface area (Å²) >= 11 is 3.39. The van der Waals surface area contributed by atoms with Crippen molar-refractivity contribution in [2.45, 2.75) is 57.5 Å². The Kier molecular flexibility index (Phi) is 11.0. The van der Waals surface area contributed by atoms with Crippen LogP contribution in [0, 0.1) is 0 Å². The van der Waals surface area contributed by atoms with Crippen LogP contribution < -0.4 is 16.4 Å². The zero-order valence-electron chi connectivity index (χ0n) is 19.0. The monoisotopic (exact) mass is 528 g/mol. The Morgan fingerprint density at radius 2 is 1.73 bits per heavy atom. The first-order valence-corrected chi connectivity index (χ1v) is 11.9. The molecule has 0 radical (unpaired) electrons. The summed E-state index contributed by atoms with van der Waals surface area (Å²) in [5.74, 6) is -0.929. The lowest BCUT2D eigenvalue weighted by atomic mass is 10.0. The molecule has 33 heavy (non-hydrogen) atoms. The molecule has 1 saturated carbocycles. The highest BCUT2D eigenvalue weighted by Crippen LogP contribution is 2.28. The van der Waals surface area contributed by atoms with E-state index in [0.717, 1.165) is 22.9 Å². The number of halogens is 1. The van der Waals surface area contributed by atoms with E-state index >= 15 is 0 Å². The predicted octanol–water partition coefficient (Wildman–Crippen LogP) is 1.46. The lowest BCUT2D eigenvalue weighted by molar-refractivity contribution is -0.161. The zero-order chi connectivity index (χ0) is 24.4. The van der Waals surface area contributed by atoms with Crippen molar-refractivity contribution in [3.63, 3.8) is 0 Å². The van der Waals surface area contributed by atoms with Crippen LogP contribution in [0.15, 0.2) is 28.7 Å². The molecule has 0 aliphatic heterocycles. The van der Waals surface area contributed by atoms with Crippen LogP contribution in [-0.4, -0.2) is 78.6 Å². The second-order valence-corrected chi connectivity index (χ2v) is 8.61. The van der Waals surface area contributed by atoms with E-state index in [9.17, 15) is 14.4 Å². The molecule has 1 aliphatic rings. The van der Waals surface area contributed by atoms with E-state index in [1.54, 1.807) is 4.90 Å². The highest BCUT2D eigenvalue weighted by Gasteiger charge is 2.38. The van der Waals surface area contributed by atoms with E-state index in [2.05, 4.69) is 26.6 Å². The summed E-state index contributed by atoms with van der Waals surface area (Å²) in [6, 6.07) is 5.39. The van der Waals surface area contributed by atoms with Crippen molar-refractivity contribution in [3.8, 4) is 0 Å². The number of ether oxygens (including phenoxy) is 2. The van der Waals surface area contributed by atoms with Gasteiger partial charge < -0.3 is 35.8 Å². The quantitative estimate of drug-likeness (QED) is 0.267. The van der Waals surface area contributed by atoms with E-state index in [1.807, 2.05) is 38.1 Å². The van der Waals surface area contributed by atoms with Crippen LogP contribution in [-0.2, 0) is 25.5 Å². The number of nitrogens with two attached hydrogens (primary N) is 1. The number of benzene rings is 1. The lowest BCUT2D eigenvalue weighted by Crippen LogP contribution is -2.57. The maximum Gasteiger partial charge on any atom is 0.405 e. The van der Waals surface area contributed by atoms with Gasteiger partial charge in [-0.2, -0.15) is 0 Å². The summed E-state index contributed by atoms with van der Waals surface area (Å²) < 4.78 is 12.2. The van der Waals surface area contributed by atoms with Crippen LogP contribution >= 0.6 is 15.9 Å². The number of hydrogen-bond donors (Lipinski definition) is 4. The molecule has 10 nitrogen and oxygen atoms in total. The maximum absolute atomic E-state index is 13.6. The Labute approximate surface area is 202 Å². The lowest BCUT2D eigenvalue weighted by Gasteiger charge is -2.31. The minimum Gasteiger partial charge on any atom is -0.465 e. The minimum absolute atomic E-state index is 0.0488. The first kappa shape index (κ1) is 27.0. The van der Waals surface area contributed by atoms with Gasteiger partial charge in [0.2, 0.25) is 11.8 Å². The van der Waals surface area contributed by atoms with Gasteiger partial charge in [0.05, 0.1) is 6.54 Å². The first-order valence-electron chi connectivity index (χ1n) is 11.1. The normalized spacial score (nSPS) is 15.1. The molecule has 2 atom stereocenters. The fourth-order valence-electron chi connectivity index (χ4n) is 3.40. The molecule has 0 heterocycles. The Morgan fingerprint density at radius 3 is 2.21 bits per heavy atom. The maximum atomic E-state index is 13.6. The van der Waals surface area contributed by atoms with E-state index in [0.29, 0.717) is 13.2 Å². The summed E-state index contributed by atoms with van der Waals surface area (Å²) in [4.78, 5) is 39.1. The van der Waals surface area contributed by atoms with Gasteiger partial charge in [-0.1, -0.05) is 28.1 Å². The highest BCUT2D eigenvalue weighted by molar-refractivity contribution is 9.10. The second kappa shape index (κ2) is 13.5. The highest BCUT2D eigenvalue weighted by atomic mass is 79.9. The fourth-order valence-corrected chi connectivity index (χ4v) is 3.66. The van der Waals surface area contributed by atoms with Crippen molar-refractivity contribution < 1.29 is 29.0 Å². The van der Waals surface area contributed by atoms with E-state index < -0.39 is 30.4 Å². The van der Waals surface area contributed by atoms with Crippen LogP contribution in [0.3, 0.4) is 0 Å². The number of nitrogens with zero attached hydrogens (tertiary/aromatic N) is 1. The van der Waals surface area contributed by atoms with E-state index in [4.69, 9.17) is 20.3 Å². The van der Waals surface area contributed by atoms with Gasteiger partial charge in [-0.25, -0.2) is 4.79 Å². The molecule has 0 bridgehead atoms. The van der Waals surface area contributed by atoms with Gasteiger partial charge in [-0.15, -0.1) is 0 Å². The third kappa shape index (κ3) is 8.92. The van der Waals surface area contributed by atoms with Crippen molar-refractivity contribution in [3.05, 3.63) is 34.3 Å². The zero-order valence-corrected chi connectivity index (χ0v) is 20.5. The van der Waals surface area contributed by atoms with Crippen molar-refractivity contribution in [2.75, 3.05) is 26.3 Å². The largest absolute Gasteiger partial charge is 0.465 e. The molecular formula is C22H33BrN4O6. The Hall–Kier alpha value is -2.21. The molecule has 0 spiro atoms. The van der Waals surface area contributed by atoms with Crippen molar-refractivity contribution in [1.82, 2.24) is 15.5 Å². The minimum atomic E-state index is -1.37. The predicted molar refractivity (Wildman–Crippen MR) is 126 cm³/mol. The van der Waals surface area contributed by atoms with Gasteiger partial charge in [-0.05, 0) is 44.4 Å². The molecule has 184 valence electrons. The third-order valence-corrected chi connectivity index (χ3v) is 5.67. The smallest absolute Gasteiger partial charge is 0.405 e. The summed E-state index contributed by atoms with van der Waals surface area (Å²) in [6.07, 6.45) is 0.0224. The molecule has 1 fully saturated rings. The molecule has 3 amide bonds. The van der Waals surface area contributed by atoms with Crippen molar-refractivity contribution in [1.29, 1.82) is 0 Å². The number of amides is 3. The van der Waals surface area contributed by atoms with Crippen LogP contribution in [0.2, 0.25) is 0 Å². The molecule has 0 saturated heterocycles. The number of nitrogens with one attached hydrogen (secondary N) is 2. The molecule has 11 heteroatoms. The van der Waals surface area contributed by atoms with Crippen molar-refractivity contribution in [2.24, 2.45) is 5.73 Å². The fraction of sp³-hybridized carbons (Fsp3) is 0.591. The summed E-state index contributed by atoms with van der Waals surface area (Å²) in [5, 5.41) is 13.8. The summed E-state index contributed by atoms with van der Waals surface area (Å²) in [6.45, 7) is 4.60. The molecule has 2 rings (SSSR count). The number of hydrogen-bond acceptors (Lipinski definition) is 6. The van der Waals surface area contributed by atoms with Crippen molar-refractivity contribution >= 4 is 33.8 Å². The average Bonchev–Trinajstić information content (AvgIpc) is 3.61. The first-order chi connectivity index (χ1) is 15.8. The van der Waals surface area contributed by atoms with Crippen LogP contribution in [0.4, 0.5) is 4.79 Å². The Bertz CT molecular complexity index is 784. The van der Waals surface area contributed by atoms with Crippen LogP contribution in [0.25, 0.3) is 0 Å². The topological polar surface area (TPSA) is 143 Å². The number of rotatable bonds is 14. The van der Waals surface area contributed by atoms with Gasteiger partial charge in [0, 0.05) is 36.7 Å². The van der Waals surface area contributed by atoms with Gasteiger partial charge in [0.1, 0.15) is 12.1 Å². The summed E-state index contributed by atoms with van der Waals surface area (Å²) in [5.41, 5.74) is 6.42. The molecule has 0 aromatic heterocycles. The average molecular weight is 529 g/mol. The van der Waals surface area contributed by atoms with Gasteiger partial charge in [0.25, 0.3) is 0 Å². The van der Waals surface area contributed by atoms with Crippen LogP contribution in [0.1, 0.15) is 32.3 Å². The number of carbonyl (C=O) groups is 3. The third-order valence-electron chi connectivity index (χ3n) is 5.14. The molecule has 1 aromatic rings. The Balaban J connectivity index is 2.24. The standard InChI is InChI=1S/C22H33BrN4O6/c1-3-32-19(33-4-2)13-27(16-9-10-16)21(29)17(11-14-5-7-15(23)8-6-14)25-20(28)18(12-24)26-22(30)31/h5-8,16-19,26H,3-4,9-13,24H2,1-2H3,(H,25,28)(H,30,31). The van der Waals surface area contributed by atoms with Gasteiger partial charge in [0.15, 0.2) is 6.29 Å². The van der Waals surface area contributed by atoms with Crippen LogP contribution in [0.5, 0.6) is 0 Å². The Morgan fingerprint density at radius 1 is 1.12 bits per heavy atom. The second-order valence-electron chi connectivity index (χ2n) is 7.69. The number of carbonyl (C=O) groups excluding carboxylic acids is 2. The van der Waals surface area contributed by atoms with Gasteiger partial charge in [-0.3, -0.25) is 9.59 Å². The summed E-state index contributed by atoms with van der Waals surface area (Å²) in [7, 11) is 0. The SMILES string of the molecule is CCOC(CN(C(=O)C(Cc1ccc(Br)cc1)NC(=O)C(CN)NC(=O)O)C1CC1)OCC. The molecule has 5 N–H and O–H groups in total.